The average Bonchev–Trinajstić information content (AvgIpc) is 2.47. The van der Waals surface area contributed by atoms with Gasteiger partial charge in [0.15, 0.2) is 0 Å². The Kier molecular flexibility index (Phi) is 2.30. The van der Waals surface area contributed by atoms with Gasteiger partial charge in [-0.25, -0.2) is 0 Å². The van der Waals surface area contributed by atoms with Gasteiger partial charge in [-0.2, -0.15) is 0 Å². The second kappa shape index (κ2) is 3.23. The van der Waals surface area contributed by atoms with Crippen LogP contribution in [0.5, 0.6) is 0 Å². The van der Waals surface area contributed by atoms with Gasteiger partial charge in [0.1, 0.15) is 0 Å². The van der Waals surface area contributed by atoms with E-state index < -0.39 is 0 Å². The molecule has 0 spiro atoms. The summed E-state index contributed by atoms with van der Waals surface area (Å²) < 4.78 is 0. The highest BCUT2D eigenvalue weighted by Crippen LogP contribution is 2.34. The van der Waals surface area contributed by atoms with Gasteiger partial charge in [0, 0.05) is 12.1 Å². The van der Waals surface area contributed by atoms with E-state index in [2.05, 4.69) is 31.0 Å². The minimum atomic E-state index is 0.119. The van der Waals surface area contributed by atoms with Gasteiger partial charge in [-0.15, -0.1) is 0 Å². The Morgan fingerprint density at radius 3 is 2.71 bits per heavy atom. The fourth-order valence-electron chi connectivity index (χ4n) is 2.75. The smallest absolute Gasteiger partial charge is 0.237 e. The molecule has 2 aliphatic rings. The van der Waals surface area contributed by atoms with Crippen LogP contribution in [0.1, 0.15) is 33.6 Å². The fourth-order valence-corrected chi connectivity index (χ4v) is 2.75. The van der Waals surface area contributed by atoms with Gasteiger partial charge in [0.05, 0.1) is 6.04 Å². The van der Waals surface area contributed by atoms with Crippen molar-refractivity contribution in [3.63, 3.8) is 0 Å². The van der Waals surface area contributed by atoms with E-state index in [1.54, 1.807) is 0 Å². The third kappa shape index (κ3) is 1.54. The van der Waals surface area contributed by atoms with Gasteiger partial charge in [0.2, 0.25) is 5.91 Å². The second-order valence-corrected chi connectivity index (χ2v) is 5.44. The third-order valence-electron chi connectivity index (χ3n) is 3.47. The number of hydrogen-bond acceptors (Lipinski definition) is 2. The molecule has 3 heteroatoms. The normalized spacial score (nSPS) is 34.1. The van der Waals surface area contributed by atoms with Crippen molar-refractivity contribution in [2.24, 2.45) is 5.92 Å². The molecule has 2 fully saturated rings. The predicted molar refractivity (Wildman–Crippen MR) is 56.0 cm³/mol. The molecule has 0 radical (unpaired) electrons. The molecule has 2 aliphatic heterocycles. The number of nitrogens with zero attached hydrogens (tertiary/aromatic N) is 1. The summed E-state index contributed by atoms with van der Waals surface area (Å²) in [5.41, 5.74) is 0.119. The van der Waals surface area contributed by atoms with E-state index in [9.17, 15) is 4.79 Å². The molecule has 2 heterocycles. The third-order valence-corrected chi connectivity index (χ3v) is 3.47. The van der Waals surface area contributed by atoms with Crippen LogP contribution < -0.4 is 5.32 Å². The molecule has 0 aromatic rings. The van der Waals surface area contributed by atoms with Gasteiger partial charge < -0.3 is 5.32 Å². The summed E-state index contributed by atoms with van der Waals surface area (Å²) in [5.74, 6) is 0.844. The lowest BCUT2D eigenvalue weighted by molar-refractivity contribution is -0.130. The van der Waals surface area contributed by atoms with Gasteiger partial charge >= 0.3 is 0 Å². The lowest BCUT2D eigenvalue weighted by atomic mass is 9.91. The minimum Gasteiger partial charge on any atom is -0.355 e. The van der Waals surface area contributed by atoms with Gasteiger partial charge in [-0.05, 0) is 46.1 Å². The summed E-state index contributed by atoms with van der Waals surface area (Å²) in [7, 11) is 0. The number of amides is 1. The first-order valence-corrected chi connectivity index (χ1v) is 5.54. The quantitative estimate of drug-likeness (QED) is 0.627. The Bertz CT molecular complexity index is 244. The van der Waals surface area contributed by atoms with Crippen molar-refractivity contribution in [2.45, 2.75) is 45.2 Å². The Labute approximate surface area is 85.8 Å². The van der Waals surface area contributed by atoms with Crippen LogP contribution >= 0.6 is 0 Å². The largest absolute Gasteiger partial charge is 0.355 e. The highest BCUT2D eigenvalue weighted by atomic mass is 16.2. The summed E-state index contributed by atoms with van der Waals surface area (Å²) in [5, 5.41) is 2.97. The first-order valence-electron chi connectivity index (χ1n) is 5.54. The molecule has 0 saturated carbocycles. The number of rotatable bonds is 0. The number of likely N-dealkylation sites (tertiary alicyclic amines) is 1. The van der Waals surface area contributed by atoms with Crippen LogP contribution in [0.2, 0.25) is 0 Å². The number of carbonyl (C=O) groups is 1. The molecule has 0 bridgehead atoms. The van der Waals surface area contributed by atoms with Crippen molar-refractivity contribution < 1.29 is 4.79 Å². The summed E-state index contributed by atoms with van der Waals surface area (Å²) >= 11 is 0. The first kappa shape index (κ1) is 9.97. The van der Waals surface area contributed by atoms with Crippen LogP contribution in [-0.4, -0.2) is 35.5 Å². The summed E-state index contributed by atoms with van der Waals surface area (Å²) in [6.07, 6.45) is 2.35. The van der Waals surface area contributed by atoms with E-state index in [1.807, 2.05) is 0 Å². The molecule has 0 aliphatic carbocycles. The highest BCUT2D eigenvalue weighted by Gasteiger charge is 2.45. The zero-order chi connectivity index (χ0) is 10.3. The molecule has 3 nitrogen and oxygen atoms in total. The van der Waals surface area contributed by atoms with Crippen LogP contribution in [0.3, 0.4) is 0 Å². The number of fused-ring (bicyclic) bond motifs is 1. The van der Waals surface area contributed by atoms with E-state index in [-0.39, 0.29) is 17.5 Å². The Balaban J connectivity index is 2.18. The van der Waals surface area contributed by atoms with Crippen molar-refractivity contribution >= 4 is 5.91 Å². The van der Waals surface area contributed by atoms with Crippen molar-refractivity contribution in [3.8, 4) is 0 Å². The molecule has 2 saturated heterocycles. The zero-order valence-electron chi connectivity index (χ0n) is 9.34. The number of hydrogen-bond donors (Lipinski definition) is 1. The van der Waals surface area contributed by atoms with Crippen molar-refractivity contribution in [1.82, 2.24) is 10.2 Å². The molecular formula is C11H20N2O. The van der Waals surface area contributed by atoms with Gasteiger partial charge in [0.25, 0.3) is 0 Å². The Morgan fingerprint density at radius 1 is 1.36 bits per heavy atom. The predicted octanol–water partition coefficient (Wildman–Crippen LogP) is 0.995. The summed E-state index contributed by atoms with van der Waals surface area (Å²) in [6.45, 7) is 8.52. The lowest BCUT2D eigenvalue weighted by Crippen LogP contribution is -2.55. The molecular weight excluding hydrogens is 176 g/mol. The van der Waals surface area contributed by atoms with Crippen LogP contribution in [-0.2, 0) is 4.79 Å². The Morgan fingerprint density at radius 2 is 2.07 bits per heavy atom. The maximum absolute atomic E-state index is 11.8. The van der Waals surface area contributed by atoms with E-state index in [0.717, 1.165) is 19.5 Å². The first-order chi connectivity index (χ1) is 6.50. The van der Waals surface area contributed by atoms with Crippen LogP contribution in [0.15, 0.2) is 0 Å². The number of piperidine rings is 1. The van der Waals surface area contributed by atoms with E-state index >= 15 is 0 Å². The van der Waals surface area contributed by atoms with Crippen LogP contribution in [0.4, 0.5) is 0 Å². The molecule has 0 aromatic heterocycles. The molecule has 0 aromatic carbocycles. The highest BCUT2D eigenvalue weighted by molar-refractivity contribution is 5.83. The lowest BCUT2D eigenvalue weighted by Gasteiger charge is -2.39. The van der Waals surface area contributed by atoms with Crippen LogP contribution in [0.25, 0.3) is 0 Å². The van der Waals surface area contributed by atoms with Crippen molar-refractivity contribution in [1.29, 1.82) is 0 Å². The molecule has 2 unspecified atom stereocenters. The molecule has 80 valence electrons. The SMILES string of the molecule is CC(C)(C)N1CCC2CCNC(=O)C21. The van der Waals surface area contributed by atoms with Gasteiger partial charge in [-0.3, -0.25) is 9.69 Å². The Hall–Kier alpha value is -0.570. The van der Waals surface area contributed by atoms with Gasteiger partial charge in [-0.1, -0.05) is 0 Å². The summed E-state index contributed by atoms with van der Waals surface area (Å²) in [4.78, 5) is 14.1. The zero-order valence-corrected chi connectivity index (χ0v) is 9.34. The number of nitrogens with one attached hydrogen (secondary N) is 1. The van der Waals surface area contributed by atoms with E-state index in [0.29, 0.717) is 5.92 Å². The summed E-state index contributed by atoms with van der Waals surface area (Å²) in [6, 6.07) is 0.142. The maximum Gasteiger partial charge on any atom is 0.237 e. The maximum atomic E-state index is 11.8. The topological polar surface area (TPSA) is 32.3 Å². The second-order valence-electron chi connectivity index (χ2n) is 5.44. The molecule has 1 amide bonds. The monoisotopic (exact) mass is 196 g/mol. The molecule has 2 rings (SSSR count). The standard InChI is InChI=1S/C11H20N2O/c1-11(2,3)13-7-5-8-4-6-12-10(14)9(8)13/h8-9H,4-7H2,1-3H3,(H,12,14). The minimum absolute atomic E-state index is 0.119. The fraction of sp³-hybridized carbons (Fsp3) is 0.909. The molecule has 1 N–H and O–H groups in total. The van der Waals surface area contributed by atoms with Crippen molar-refractivity contribution in [2.75, 3.05) is 13.1 Å². The van der Waals surface area contributed by atoms with Crippen molar-refractivity contribution in [3.05, 3.63) is 0 Å². The average molecular weight is 196 g/mol. The molecule has 14 heavy (non-hydrogen) atoms. The van der Waals surface area contributed by atoms with Crippen LogP contribution in [0, 0.1) is 5.92 Å². The number of carbonyl (C=O) groups excluding carboxylic acids is 1. The van der Waals surface area contributed by atoms with E-state index in [1.165, 1.54) is 6.42 Å². The van der Waals surface area contributed by atoms with E-state index in [4.69, 9.17) is 0 Å². The molecule has 2 atom stereocenters.